The van der Waals surface area contributed by atoms with E-state index in [-0.39, 0.29) is 12.0 Å². The number of methoxy groups -OCH3 is 1. The first kappa shape index (κ1) is 14.8. The Morgan fingerprint density at radius 3 is 2.90 bits per heavy atom. The van der Waals surface area contributed by atoms with Crippen LogP contribution in [-0.2, 0) is 4.74 Å². The molecule has 1 fully saturated rings. The summed E-state index contributed by atoms with van der Waals surface area (Å²) in [5.41, 5.74) is 4.92. The minimum Gasteiger partial charge on any atom is -0.379 e. The fraction of sp³-hybridized carbons (Fsp3) is 0.533. The molecule has 1 aliphatic rings. The highest BCUT2D eigenvalue weighted by Crippen LogP contribution is 2.24. The van der Waals surface area contributed by atoms with Gasteiger partial charge >= 0.3 is 0 Å². The van der Waals surface area contributed by atoms with E-state index < -0.39 is 0 Å². The summed E-state index contributed by atoms with van der Waals surface area (Å²) in [6.07, 6.45) is 1.06. The number of nitrogens with zero attached hydrogens (tertiary/aromatic N) is 1. The van der Waals surface area contributed by atoms with Crippen molar-refractivity contribution in [2.75, 3.05) is 25.6 Å². The molecule has 0 saturated carbocycles. The summed E-state index contributed by atoms with van der Waals surface area (Å²) >= 11 is 0. The van der Waals surface area contributed by atoms with Crippen molar-refractivity contribution >= 4 is 11.6 Å². The van der Waals surface area contributed by atoms with Gasteiger partial charge in [-0.2, -0.15) is 0 Å². The quantitative estimate of drug-likeness (QED) is 0.653. The zero-order valence-corrected chi connectivity index (χ0v) is 12.3. The molecule has 1 aliphatic heterocycles. The molecule has 5 nitrogen and oxygen atoms in total. The maximum absolute atomic E-state index is 12.7. The van der Waals surface area contributed by atoms with Gasteiger partial charge in [0.25, 0.3) is 5.91 Å². The molecule has 0 radical (unpaired) electrons. The molecule has 1 aromatic rings. The molecule has 5 heteroatoms. The first-order valence-electron chi connectivity index (χ1n) is 6.96. The number of hydrogen-bond acceptors (Lipinski definition) is 4. The summed E-state index contributed by atoms with van der Waals surface area (Å²) in [6.45, 7) is 5.52. The van der Waals surface area contributed by atoms with Crippen LogP contribution in [0.1, 0.15) is 29.3 Å². The van der Waals surface area contributed by atoms with Gasteiger partial charge in [-0.15, -0.1) is 0 Å². The highest BCUT2D eigenvalue weighted by atomic mass is 16.5. The Morgan fingerprint density at radius 1 is 1.50 bits per heavy atom. The number of nitrogens with one attached hydrogen (secondary N) is 1. The first-order valence-corrected chi connectivity index (χ1v) is 6.96. The summed E-state index contributed by atoms with van der Waals surface area (Å²) in [5.74, 6) is 5.99. The van der Waals surface area contributed by atoms with Gasteiger partial charge < -0.3 is 15.1 Å². The second-order valence-electron chi connectivity index (χ2n) is 5.48. The monoisotopic (exact) mass is 277 g/mol. The summed E-state index contributed by atoms with van der Waals surface area (Å²) < 4.78 is 5.47. The lowest BCUT2D eigenvalue weighted by Gasteiger charge is -2.36. The van der Waals surface area contributed by atoms with Crippen LogP contribution in [0.3, 0.4) is 0 Å². The zero-order chi connectivity index (χ0) is 14.7. The molecule has 1 amide bonds. The molecule has 0 bridgehead atoms. The third-order valence-electron chi connectivity index (χ3n) is 4.04. The normalized spacial score (nSPS) is 22.7. The van der Waals surface area contributed by atoms with Crippen LogP contribution in [0.2, 0.25) is 0 Å². The van der Waals surface area contributed by atoms with Gasteiger partial charge in [-0.1, -0.05) is 18.6 Å². The summed E-state index contributed by atoms with van der Waals surface area (Å²) in [6, 6.07) is 5.64. The molecule has 1 heterocycles. The van der Waals surface area contributed by atoms with E-state index in [1.807, 2.05) is 30.0 Å². The Kier molecular flexibility index (Phi) is 4.62. The number of anilines is 1. The van der Waals surface area contributed by atoms with Crippen molar-refractivity contribution in [2.45, 2.75) is 26.4 Å². The number of carbonyl (C=O) groups is 1. The molecule has 1 aromatic carbocycles. The third kappa shape index (κ3) is 2.94. The number of aryl methyl sites for hydroxylation is 1. The van der Waals surface area contributed by atoms with Crippen LogP contribution in [0.25, 0.3) is 0 Å². The van der Waals surface area contributed by atoms with Crippen molar-refractivity contribution in [2.24, 2.45) is 11.8 Å². The predicted octanol–water partition coefficient (Wildman–Crippen LogP) is 1.78. The van der Waals surface area contributed by atoms with E-state index in [1.165, 1.54) is 0 Å². The number of nitrogens with two attached hydrogens (primary N) is 1. The number of nitrogen functional groups attached to an aromatic ring is 1. The number of piperidine rings is 1. The van der Waals surface area contributed by atoms with Gasteiger partial charge in [0.15, 0.2) is 0 Å². The number of benzene rings is 1. The molecule has 20 heavy (non-hydrogen) atoms. The average molecular weight is 277 g/mol. The van der Waals surface area contributed by atoms with Crippen LogP contribution in [0.15, 0.2) is 18.2 Å². The number of likely N-dealkylation sites (tertiary alicyclic amines) is 1. The van der Waals surface area contributed by atoms with Crippen LogP contribution < -0.4 is 11.3 Å². The molecule has 0 aromatic heterocycles. The van der Waals surface area contributed by atoms with Crippen LogP contribution >= 0.6 is 0 Å². The first-order chi connectivity index (χ1) is 9.56. The molecule has 110 valence electrons. The minimum absolute atomic E-state index is 0.00981. The highest BCUT2D eigenvalue weighted by Gasteiger charge is 2.30. The number of amides is 1. The van der Waals surface area contributed by atoms with Crippen molar-refractivity contribution in [1.82, 2.24) is 4.90 Å². The highest BCUT2D eigenvalue weighted by molar-refractivity contribution is 5.99. The molecular weight excluding hydrogens is 254 g/mol. The lowest BCUT2D eigenvalue weighted by molar-refractivity contribution is -0.00153. The molecule has 2 atom stereocenters. The Morgan fingerprint density at radius 2 is 2.25 bits per heavy atom. The topological polar surface area (TPSA) is 67.6 Å². The van der Waals surface area contributed by atoms with Crippen molar-refractivity contribution in [3.05, 3.63) is 29.3 Å². The van der Waals surface area contributed by atoms with Crippen molar-refractivity contribution in [3.8, 4) is 0 Å². The van der Waals surface area contributed by atoms with E-state index in [1.54, 1.807) is 7.11 Å². The van der Waals surface area contributed by atoms with E-state index in [2.05, 4.69) is 12.3 Å². The van der Waals surface area contributed by atoms with E-state index in [0.29, 0.717) is 23.7 Å². The SMILES string of the molecule is COC1CN(C(=O)c2cc(C)ccc2NN)CCC1C. The second kappa shape index (κ2) is 6.24. The van der Waals surface area contributed by atoms with Gasteiger partial charge in [0.05, 0.1) is 17.4 Å². The lowest BCUT2D eigenvalue weighted by atomic mass is 9.95. The van der Waals surface area contributed by atoms with Crippen molar-refractivity contribution in [3.63, 3.8) is 0 Å². The number of rotatable bonds is 3. The Balaban J connectivity index is 2.21. The summed E-state index contributed by atoms with van der Waals surface area (Å²) in [5, 5.41) is 0. The zero-order valence-electron chi connectivity index (χ0n) is 12.3. The van der Waals surface area contributed by atoms with Crippen LogP contribution in [-0.4, -0.2) is 37.1 Å². The lowest BCUT2D eigenvalue weighted by Crippen LogP contribution is -2.46. The summed E-state index contributed by atoms with van der Waals surface area (Å²) in [7, 11) is 1.70. The maximum Gasteiger partial charge on any atom is 0.256 e. The van der Waals surface area contributed by atoms with Crippen LogP contribution in [0, 0.1) is 12.8 Å². The average Bonchev–Trinajstić information content (AvgIpc) is 2.47. The third-order valence-corrected chi connectivity index (χ3v) is 4.04. The fourth-order valence-electron chi connectivity index (χ4n) is 2.66. The number of carbonyl (C=O) groups excluding carboxylic acids is 1. The fourth-order valence-corrected chi connectivity index (χ4v) is 2.66. The second-order valence-corrected chi connectivity index (χ2v) is 5.48. The smallest absolute Gasteiger partial charge is 0.256 e. The van der Waals surface area contributed by atoms with E-state index in [9.17, 15) is 4.79 Å². The largest absolute Gasteiger partial charge is 0.379 e. The Labute approximate surface area is 120 Å². The molecular formula is C15H23N3O2. The van der Waals surface area contributed by atoms with Gasteiger partial charge in [-0.05, 0) is 31.4 Å². The summed E-state index contributed by atoms with van der Waals surface area (Å²) in [4.78, 5) is 14.5. The molecule has 1 saturated heterocycles. The molecule has 2 rings (SSSR count). The number of hydrazine groups is 1. The van der Waals surface area contributed by atoms with E-state index in [0.717, 1.165) is 18.5 Å². The van der Waals surface area contributed by atoms with Crippen molar-refractivity contribution < 1.29 is 9.53 Å². The Hall–Kier alpha value is -1.59. The molecule has 3 N–H and O–H groups in total. The van der Waals surface area contributed by atoms with Crippen LogP contribution in [0.5, 0.6) is 0 Å². The van der Waals surface area contributed by atoms with E-state index in [4.69, 9.17) is 10.6 Å². The molecule has 0 aliphatic carbocycles. The molecule has 0 spiro atoms. The standard InChI is InChI=1S/C15H23N3O2/c1-10-4-5-13(17-16)12(8-10)15(19)18-7-6-11(2)14(9-18)20-3/h4-5,8,11,14,17H,6-7,9,16H2,1-3H3. The maximum atomic E-state index is 12.7. The Bertz CT molecular complexity index is 490. The van der Waals surface area contributed by atoms with Gasteiger partial charge in [-0.25, -0.2) is 0 Å². The van der Waals surface area contributed by atoms with Gasteiger partial charge in [0.2, 0.25) is 0 Å². The van der Waals surface area contributed by atoms with Gasteiger partial charge in [0, 0.05) is 20.2 Å². The van der Waals surface area contributed by atoms with Crippen LogP contribution in [0.4, 0.5) is 5.69 Å². The van der Waals surface area contributed by atoms with Crippen molar-refractivity contribution in [1.29, 1.82) is 0 Å². The van der Waals surface area contributed by atoms with Gasteiger partial charge in [-0.3, -0.25) is 10.6 Å². The number of ether oxygens (including phenoxy) is 1. The predicted molar refractivity (Wildman–Crippen MR) is 79.5 cm³/mol. The van der Waals surface area contributed by atoms with Gasteiger partial charge in [0.1, 0.15) is 0 Å². The minimum atomic E-state index is 0.00981. The molecule has 2 unspecified atom stereocenters. The van der Waals surface area contributed by atoms with E-state index >= 15 is 0 Å². The number of hydrogen-bond donors (Lipinski definition) is 2.